The number of carboxylic acids is 1. The average molecular weight is 447 g/mol. The third kappa shape index (κ3) is 4.66. The zero-order valence-corrected chi connectivity index (χ0v) is 19.1. The summed E-state index contributed by atoms with van der Waals surface area (Å²) >= 11 is 0. The van der Waals surface area contributed by atoms with Gasteiger partial charge < -0.3 is 20.3 Å². The number of rotatable bonds is 5. The van der Waals surface area contributed by atoms with Gasteiger partial charge in [-0.3, -0.25) is 4.90 Å². The Labute approximate surface area is 189 Å². The number of benzene rings is 2. The summed E-state index contributed by atoms with van der Waals surface area (Å²) in [7, 11) is 1.58. The van der Waals surface area contributed by atoms with Crippen LogP contribution in [0.5, 0.6) is 11.5 Å². The molecule has 3 N–H and O–H groups in total. The summed E-state index contributed by atoms with van der Waals surface area (Å²) in [6.07, 6.45) is 1.78. The molecule has 0 aliphatic carbocycles. The van der Waals surface area contributed by atoms with Crippen LogP contribution in [0.15, 0.2) is 30.3 Å². The number of nitrogens with two attached hydrogens (primary N) is 1. The van der Waals surface area contributed by atoms with E-state index in [1.54, 1.807) is 7.11 Å². The normalized spacial score (nSPS) is 22.6. The molecule has 0 spiro atoms. The van der Waals surface area contributed by atoms with E-state index < -0.39 is 5.97 Å². The summed E-state index contributed by atoms with van der Waals surface area (Å²) in [5.41, 5.74) is 13.1. The van der Waals surface area contributed by atoms with Crippen molar-refractivity contribution in [1.82, 2.24) is 4.90 Å². The zero-order valence-electron chi connectivity index (χ0n) is 18.3. The minimum atomic E-state index is -1.00. The van der Waals surface area contributed by atoms with Crippen LogP contribution < -0.4 is 15.2 Å². The van der Waals surface area contributed by atoms with Gasteiger partial charge in [0.1, 0.15) is 0 Å². The Morgan fingerprint density at radius 3 is 2.68 bits per heavy atom. The molecule has 3 atom stereocenters. The first kappa shape index (κ1) is 23.4. The molecule has 4 rings (SSSR count). The smallest absolute Gasteiger partial charge is 0.341 e. The van der Waals surface area contributed by atoms with E-state index in [0.717, 1.165) is 25.9 Å². The number of aliphatic carboxylic acids is 1. The molecule has 2 heterocycles. The first-order valence-corrected chi connectivity index (χ1v) is 10.5. The molecule has 2 aliphatic rings. The molecular weight excluding hydrogens is 416 g/mol. The summed E-state index contributed by atoms with van der Waals surface area (Å²) in [4.78, 5) is 13.4. The Balaban J connectivity index is 0.00000272. The number of carboxylic acid groups (broad SMARTS) is 1. The lowest BCUT2D eigenvalue weighted by Crippen LogP contribution is -2.49. The van der Waals surface area contributed by atoms with Crippen LogP contribution in [0, 0.1) is 13.8 Å². The van der Waals surface area contributed by atoms with E-state index >= 15 is 0 Å². The van der Waals surface area contributed by atoms with Gasteiger partial charge in [0.05, 0.1) is 7.11 Å². The van der Waals surface area contributed by atoms with Gasteiger partial charge in [-0.25, -0.2) is 4.79 Å². The van der Waals surface area contributed by atoms with Crippen LogP contribution in [0.25, 0.3) is 0 Å². The summed E-state index contributed by atoms with van der Waals surface area (Å²) < 4.78 is 11.0. The lowest BCUT2D eigenvalue weighted by Gasteiger charge is -2.46. The summed E-state index contributed by atoms with van der Waals surface area (Å²) in [5, 5.41) is 8.93. The first-order chi connectivity index (χ1) is 14.4. The second kappa shape index (κ2) is 9.47. The summed E-state index contributed by atoms with van der Waals surface area (Å²) in [6.45, 7) is 5.81. The van der Waals surface area contributed by atoms with Crippen LogP contribution in [0.2, 0.25) is 0 Å². The van der Waals surface area contributed by atoms with Gasteiger partial charge in [-0.1, -0.05) is 23.8 Å². The van der Waals surface area contributed by atoms with Gasteiger partial charge in [0.25, 0.3) is 0 Å². The Morgan fingerprint density at radius 2 is 1.97 bits per heavy atom. The van der Waals surface area contributed by atoms with Crippen LogP contribution >= 0.6 is 12.4 Å². The molecule has 31 heavy (non-hydrogen) atoms. The van der Waals surface area contributed by atoms with Crippen molar-refractivity contribution in [2.24, 2.45) is 5.73 Å². The molecule has 168 valence electrons. The number of carbonyl (C=O) groups is 1. The molecular formula is C24H31ClN2O4. The average Bonchev–Trinajstić information content (AvgIpc) is 2.72. The van der Waals surface area contributed by atoms with Crippen molar-refractivity contribution in [2.45, 2.75) is 44.7 Å². The van der Waals surface area contributed by atoms with Gasteiger partial charge in [-0.05, 0) is 61.1 Å². The maximum atomic E-state index is 10.9. The predicted octanol–water partition coefficient (Wildman–Crippen LogP) is 3.61. The number of piperidine rings is 1. The number of nitrogens with zero attached hydrogens (tertiary/aromatic N) is 1. The van der Waals surface area contributed by atoms with E-state index in [0.29, 0.717) is 17.4 Å². The minimum Gasteiger partial charge on any atom is -0.493 e. The molecule has 0 saturated carbocycles. The van der Waals surface area contributed by atoms with Gasteiger partial charge in [-0.15, -0.1) is 12.4 Å². The topological polar surface area (TPSA) is 85.0 Å². The van der Waals surface area contributed by atoms with Crippen molar-refractivity contribution in [2.75, 3.05) is 26.8 Å². The molecule has 2 aromatic rings. The molecule has 0 unspecified atom stereocenters. The second-order valence-electron chi connectivity index (χ2n) is 8.51. The van der Waals surface area contributed by atoms with E-state index in [2.05, 4.69) is 36.9 Å². The maximum Gasteiger partial charge on any atom is 0.341 e. The van der Waals surface area contributed by atoms with Crippen LogP contribution in [-0.2, 0) is 11.2 Å². The van der Waals surface area contributed by atoms with Crippen LogP contribution in [0.1, 0.15) is 46.2 Å². The molecule has 0 radical (unpaired) electrons. The molecule has 2 aliphatic heterocycles. The van der Waals surface area contributed by atoms with Gasteiger partial charge in [0.2, 0.25) is 0 Å². The highest BCUT2D eigenvalue weighted by Gasteiger charge is 2.39. The number of hydrogen-bond donors (Lipinski definition) is 2. The van der Waals surface area contributed by atoms with E-state index in [-0.39, 0.29) is 31.1 Å². The van der Waals surface area contributed by atoms with E-state index in [1.807, 2.05) is 12.1 Å². The Bertz CT molecular complexity index is 965. The minimum absolute atomic E-state index is 0. The quantitative estimate of drug-likeness (QED) is 0.729. The molecule has 6 nitrogen and oxygen atoms in total. The molecule has 0 amide bonds. The van der Waals surface area contributed by atoms with Crippen molar-refractivity contribution < 1.29 is 19.4 Å². The standard InChI is InChI=1S/C24H30N2O4.ClH/c1-14-4-5-15(2)17(8-14)19-12-26-7-6-16-9-23(30-13-24(27)28)22(29-3)10-18(16)21(26)11-20(19)25;/h4-5,8-10,19-21H,6-7,11-13,25H2,1-3H3,(H,27,28);1H/t19-,20+,21+;/m1./s1. The van der Waals surface area contributed by atoms with E-state index in [1.165, 1.54) is 27.8 Å². The Kier molecular flexibility index (Phi) is 7.14. The molecule has 0 bridgehead atoms. The summed E-state index contributed by atoms with van der Waals surface area (Å²) in [6, 6.07) is 10.9. The third-order valence-electron chi connectivity index (χ3n) is 6.52. The number of fused-ring (bicyclic) bond motifs is 3. The highest BCUT2D eigenvalue weighted by Crippen LogP contribution is 2.44. The molecule has 1 fully saturated rings. The fourth-order valence-corrected chi connectivity index (χ4v) is 4.97. The fraction of sp³-hybridized carbons (Fsp3) is 0.458. The maximum absolute atomic E-state index is 10.9. The molecule has 7 heteroatoms. The first-order valence-electron chi connectivity index (χ1n) is 10.5. The number of aryl methyl sites for hydroxylation is 2. The van der Waals surface area contributed by atoms with E-state index in [9.17, 15) is 4.79 Å². The highest BCUT2D eigenvalue weighted by molar-refractivity contribution is 5.85. The van der Waals surface area contributed by atoms with Crippen molar-refractivity contribution in [3.8, 4) is 11.5 Å². The Morgan fingerprint density at radius 1 is 1.19 bits per heavy atom. The van der Waals surface area contributed by atoms with Crippen molar-refractivity contribution in [3.63, 3.8) is 0 Å². The zero-order chi connectivity index (χ0) is 21.4. The molecule has 1 saturated heterocycles. The largest absolute Gasteiger partial charge is 0.493 e. The molecule has 2 aromatic carbocycles. The SMILES string of the molecule is COc1cc2c(cc1OCC(=O)O)CCN1C[C@H](c3cc(C)ccc3C)[C@@H](N)C[C@@H]21.Cl. The van der Waals surface area contributed by atoms with Gasteiger partial charge in [0.15, 0.2) is 18.1 Å². The van der Waals surface area contributed by atoms with Crippen molar-refractivity contribution in [1.29, 1.82) is 0 Å². The van der Waals surface area contributed by atoms with Gasteiger partial charge >= 0.3 is 5.97 Å². The number of methoxy groups -OCH3 is 1. The van der Waals surface area contributed by atoms with Crippen LogP contribution in [0.3, 0.4) is 0 Å². The lowest BCUT2D eigenvalue weighted by atomic mass is 9.77. The monoisotopic (exact) mass is 446 g/mol. The van der Waals surface area contributed by atoms with Crippen molar-refractivity contribution in [3.05, 3.63) is 58.1 Å². The van der Waals surface area contributed by atoms with Crippen molar-refractivity contribution >= 4 is 18.4 Å². The summed E-state index contributed by atoms with van der Waals surface area (Å²) in [5.74, 6) is 0.377. The molecule has 0 aromatic heterocycles. The second-order valence-corrected chi connectivity index (χ2v) is 8.51. The Hall–Kier alpha value is -2.28. The third-order valence-corrected chi connectivity index (χ3v) is 6.52. The van der Waals surface area contributed by atoms with Gasteiger partial charge in [0, 0.05) is 31.1 Å². The predicted molar refractivity (Wildman–Crippen MR) is 123 cm³/mol. The highest BCUT2D eigenvalue weighted by atomic mass is 35.5. The van der Waals surface area contributed by atoms with Crippen LogP contribution in [-0.4, -0.2) is 48.8 Å². The van der Waals surface area contributed by atoms with E-state index in [4.69, 9.17) is 20.3 Å². The number of halogens is 1. The number of hydrogen-bond acceptors (Lipinski definition) is 5. The lowest BCUT2D eigenvalue weighted by molar-refractivity contribution is -0.139. The van der Waals surface area contributed by atoms with Crippen LogP contribution in [0.4, 0.5) is 0 Å². The van der Waals surface area contributed by atoms with Gasteiger partial charge in [-0.2, -0.15) is 0 Å². The number of ether oxygens (including phenoxy) is 2. The fourth-order valence-electron chi connectivity index (χ4n) is 4.97.